The van der Waals surface area contributed by atoms with Crippen LogP contribution in [0.25, 0.3) is 10.9 Å². The van der Waals surface area contributed by atoms with Crippen molar-refractivity contribution in [3.8, 4) is 0 Å². The normalized spacial score (nSPS) is 11.2. The molecule has 0 aliphatic carbocycles. The van der Waals surface area contributed by atoms with E-state index < -0.39 is 0 Å². The van der Waals surface area contributed by atoms with Gasteiger partial charge in [-0.15, -0.1) is 0 Å². The Hall–Kier alpha value is -2.08. The number of rotatable bonds is 6. The minimum Gasteiger partial charge on any atom is -0.399 e. The number of aromatic nitrogens is 2. The summed E-state index contributed by atoms with van der Waals surface area (Å²) in [5.41, 5.74) is 7.64. The number of carbonyl (C=O) groups is 1. The third kappa shape index (κ3) is 3.52. The first-order valence-electron chi connectivity index (χ1n) is 7.04. The Morgan fingerprint density at radius 3 is 2.90 bits per heavy atom. The Bertz CT molecular complexity index is 621. The number of nitrogen functional groups attached to an aromatic ring is 1. The number of carbonyl (C=O) groups excluding carboxylic acids is 1. The molecule has 0 aliphatic rings. The summed E-state index contributed by atoms with van der Waals surface area (Å²) in [5.74, 6) is 0.277. The number of H-pyrrole nitrogens is 1. The van der Waals surface area contributed by atoms with Gasteiger partial charge in [-0.2, -0.15) is 5.10 Å². The van der Waals surface area contributed by atoms with Gasteiger partial charge in [-0.1, -0.05) is 13.8 Å². The summed E-state index contributed by atoms with van der Waals surface area (Å²) in [6.45, 7) is 5.87. The van der Waals surface area contributed by atoms with Crippen LogP contribution in [0.3, 0.4) is 0 Å². The van der Waals surface area contributed by atoms with Crippen LogP contribution in [-0.2, 0) is 4.74 Å². The van der Waals surface area contributed by atoms with Crippen LogP contribution >= 0.6 is 0 Å². The number of amides is 1. The first-order valence-corrected chi connectivity index (χ1v) is 7.04. The molecule has 0 spiro atoms. The second kappa shape index (κ2) is 6.58. The van der Waals surface area contributed by atoms with Crippen molar-refractivity contribution < 1.29 is 9.53 Å². The van der Waals surface area contributed by atoms with Crippen LogP contribution < -0.4 is 5.73 Å². The van der Waals surface area contributed by atoms with Crippen molar-refractivity contribution in [1.29, 1.82) is 0 Å². The summed E-state index contributed by atoms with van der Waals surface area (Å²) in [6, 6.07) is 5.39. The van der Waals surface area contributed by atoms with Gasteiger partial charge in [0.2, 0.25) is 0 Å². The summed E-state index contributed by atoms with van der Waals surface area (Å²) in [7, 11) is 1.63. The number of methoxy groups -OCH3 is 1. The summed E-state index contributed by atoms with van der Waals surface area (Å²) >= 11 is 0. The topological polar surface area (TPSA) is 84.2 Å². The molecule has 2 aromatic rings. The van der Waals surface area contributed by atoms with Gasteiger partial charge in [-0.05, 0) is 24.1 Å². The maximum Gasteiger partial charge on any atom is 0.275 e. The van der Waals surface area contributed by atoms with Crippen LogP contribution in [0, 0.1) is 5.92 Å². The van der Waals surface area contributed by atoms with Gasteiger partial charge in [-0.3, -0.25) is 9.89 Å². The maximum absolute atomic E-state index is 12.7. The van der Waals surface area contributed by atoms with Crippen LogP contribution in [0.15, 0.2) is 18.2 Å². The largest absolute Gasteiger partial charge is 0.399 e. The second-order valence-electron chi connectivity index (χ2n) is 5.52. The number of ether oxygens (including phenoxy) is 1. The van der Waals surface area contributed by atoms with E-state index in [1.54, 1.807) is 24.1 Å². The summed E-state index contributed by atoms with van der Waals surface area (Å²) in [6.07, 6.45) is 0. The maximum atomic E-state index is 12.7. The average Bonchev–Trinajstić information content (AvgIpc) is 2.85. The van der Waals surface area contributed by atoms with Gasteiger partial charge >= 0.3 is 0 Å². The minimum absolute atomic E-state index is 0.0994. The molecule has 0 aliphatic heterocycles. The smallest absolute Gasteiger partial charge is 0.275 e. The fourth-order valence-corrected chi connectivity index (χ4v) is 2.26. The molecule has 0 saturated heterocycles. The number of aromatic amines is 1. The quantitative estimate of drug-likeness (QED) is 0.796. The SMILES string of the molecule is COCCN(CC(C)C)C(=O)c1n[nH]c2ccc(N)cc12. The van der Waals surface area contributed by atoms with Gasteiger partial charge in [0.25, 0.3) is 5.91 Å². The number of hydrogen-bond acceptors (Lipinski definition) is 4. The Labute approximate surface area is 124 Å². The predicted octanol–water partition coefficient (Wildman–Crippen LogP) is 1.89. The minimum atomic E-state index is -0.0994. The van der Waals surface area contributed by atoms with Crippen LogP contribution in [0.5, 0.6) is 0 Å². The van der Waals surface area contributed by atoms with E-state index >= 15 is 0 Å². The molecule has 6 nitrogen and oxygen atoms in total. The number of benzene rings is 1. The van der Waals surface area contributed by atoms with Crippen molar-refractivity contribution >= 4 is 22.5 Å². The number of anilines is 1. The highest BCUT2D eigenvalue weighted by molar-refractivity contribution is 6.05. The van der Waals surface area contributed by atoms with Crippen molar-refractivity contribution in [2.45, 2.75) is 13.8 Å². The molecule has 114 valence electrons. The van der Waals surface area contributed by atoms with E-state index in [2.05, 4.69) is 24.0 Å². The highest BCUT2D eigenvalue weighted by Gasteiger charge is 2.21. The van der Waals surface area contributed by atoms with Gasteiger partial charge in [0.05, 0.1) is 12.1 Å². The number of nitrogens with zero attached hydrogens (tertiary/aromatic N) is 2. The molecule has 2 rings (SSSR count). The average molecular weight is 290 g/mol. The van der Waals surface area contributed by atoms with E-state index in [0.717, 1.165) is 10.9 Å². The fourth-order valence-electron chi connectivity index (χ4n) is 2.26. The van der Waals surface area contributed by atoms with Crippen LogP contribution in [0.4, 0.5) is 5.69 Å². The van der Waals surface area contributed by atoms with Gasteiger partial charge in [0.15, 0.2) is 5.69 Å². The molecule has 1 aromatic heterocycles. The molecule has 1 amide bonds. The van der Waals surface area contributed by atoms with Crippen molar-refractivity contribution in [3.63, 3.8) is 0 Å². The highest BCUT2D eigenvalue weighted by atomic mass is 16.5. The van der Waals surface area contributed by atoms with E-state index in [9.17, 15) is 4.79 Å². The monoisotopic (exact) mass is 290 g/mol. The van der Waals surface area contributed by atoms with Crippen molar-refractivity contribution in [2.24, 2.45) is 5.92 Å². The molecule has 0 radical (unpaired) electrons. The van der Waals surface area contributed by atoms with Gasteiger partial charge in [0, 0.05) is 31.3 Å². The zero-order valence-electron chi connectivity index (χ0n) is 12.7. The molecular weight excluding hydrogens is 268 g/mol. The van der Waals surface area contributed by atoms with E-state index in [1.165, 1.54) is 0 Å². The zero-order chi connectivity index (χ0) is 15.4. The van der Waals surface area contributed by atoms with Gasteiger partial charge in [-0.25, -0.2) is 0 Å². The second-order valence-corrected chi connectivity index (χ2v) is 5.52. The Morgan fingerprint density at radius 2 is 2.24 bits per heavy atom. The molecule has 1 aromatic carbocycles. The van der Waals surface area contributed by atoms with E-state index in [0.29, 0.717) is 37.0 Å². The molecule has 0 saturated carbocycles. The van der Waals surface area contributed by atoms with Crippen molar-refractivity contribution in [2.75, 3.05) is 32.5 Å². The highest BCUT2D eigenvalue weighted by Crippen LogP contribution is 2.20. The molecule has 0 atom stereocenters. The number of nitrogens with two attached hydrogens (primary N) is 1. The van der Waals surface area contributed by atoms with E-state index in [-0.39, 0.29) is 5.91 Å². The molecular formula is C15H22N4O2. The Balaban J connectivity index is 2.31. The first-order chi connectivity index (χ1) is 10.0. The lowest BCUT2D eigenvalue weighted by molar-refractivity contribution is 0.0668. The lowest BCUT2D eigenvalue weighted by Gasteiger charge is -2.23. The van der Waals surface area contributed by atoms with Crippen molar-refractivity contribution in [3.05, 3.63) is 23.9 Å². The molecule has 1 heterocycles. The fraction of sp³-hybridized carbons (Fsp3) is 0.467. The van der Waals surface area contributed by atoms with E-state index in [4.69, 9.17) is 10.5 Å². The van der Waals surface area contributed by atoms with Crippen LogP contribution in [0.2, 0.25) is 0 Å². The van der Waals surface area contributed by atoms with Gasteiger partial charge in [0.1, 0.15) is 0 Å². The number of fused-ring (bicyclic) bond motifs is 1. The molecule has 6 heteroatoms. The van der Waals surface area contributed by atoms with Crippen LogP contribution in [-0.4, -0.2) is 47.8 Å². The Kier molecular flexibility index (Phi) is 4.80. The zero-order valence-corrected chi connectivity index (χ0v) is 12.7. The molecule has 0 unspecified atom stereocenters. The summed E-state index contributed by atoms with van der Waals surface area (Å²) < 4.78 is 5.09. The van der Waals surface area contributed by atoms with Crippen LogP contribution in [0.1, 0.15) is 24.3 Å². The third-order valence-corrected chi connectivity index (χ3v) is 3.23. The molecule has 0 bridgehead atoms. The lowest BCUT2D eigenvalue weighted by atomic mass is 10.1. The molecule has 21 heavy (non-hydrogen) atoms. The number of hydrogen-bond donors (Lipinski definition) is 2. The van der Waals surface area contributed by atoms with Crippen molar-refractivity contribution in [1.82, 2.24) is 15.1 Å². The molecule has 3 N–H and O–H groups in total. The lowest BCUT2D eigenvalue weighted by Crippen LogP contribution is -2.37. The molecule has 0 fully saturated rings. The van der Waals surface area contributed by atoms with Gasteiger partial charge < -0.3 is 15.4 Å². The summed E-state index contributed by atoms with van der Waals surface area (Å²) in [4.78, 5) is 14.5. The third-order valence-electron chi connectivity index (χ3n) is 3.23. The predicted molar refractivity (Wildman–Crippen MR) is 83.1 cm³/mol. The Morgan fingerprint density at radius 1 is 1.48 bits per heavy atom. The first kappa shape index (κ1) is 15.3. The summed E-state index contributed by atoms with van der Waals surface area (Å²) in [5, 5.41) is 7.79. The van der Waals surface area contributed by atoms with E-state index in [1.807, 2.05) is 6.07 Å². The number of nitrogens with one attached hydrogen (secondary N) is 1. The standard InChI is InChI=1S/C15H22N4O2/c1-10(2)9-19(6-7-21-3)15(20)14-12-8-11(16)4-5-13(12)17-18-14/h4-5,8,10H,6-7,9,16H2,1-3H3,(H,17,18).